The number of aryl methyl sites for hydroxylation is 1. The number of nitrogens with zero attached hydrogens (tertiary/aromatic N) is 2. The van der Waals surface area contributed by atoms with Crippen LogP contribution in [0.25, 0.3) is 0 Å². The van der Waals surface area contributed by atoms with Gasteiger partial charge in [-0.05, 0) is 55.5 Å². The molecule has 1 amide bonds. The van der Waals surface area contributed by atoms with Crippen LogP contribution in [0.1, 0.15) is 5.56 Å². The number of amides is 1. The van der Waals surface area contributed by atoms with Gasteiger partial charge < -0.3 is 14.8 Å². The van der Waals surface area contributed by atoms with Crippen molar-refractivity contribution in [1.82, 2.24) is 4.31 Å². The molecule has 0 radical (unpaired) electrons. The zero-order chi connectivity index (χ0) is 27.3. The Bertz CT molecular complexity index is 1480. The fourth-order valence-corrected chi connectivity index (χ4v) is 6.79. The molecule has 0 bridgehead atoms. The number of para-hydroxylation sites is 2. The van der Waals surface area contributed by atoms with Gasteiger partial charge in [0.2, 0.25) is 15.9 Å². The van der Waals surface area contributed by atoms with E-state index in [0.29, 0.717) is 18.9 Å². The van der Waals surface area contributed by atoms with Crippen LogP contribution in [0.3, 0.4) is 0 Å². The number of methoxy groups -OCH3 is 1. The molecule has 3 aromatic rings. The van der Waals surface area contributed by atoms with E-state index in [4.69, 9.17) is 9.47 Å². The molecule has 202 valence electrons. The lowest BCUT2D eigenvalue weighted by molar-refractivity contribution is -0.114. The van der Waals surface area contributed by atoms with E-state index in [2.05, 4.69) is 5.32 Å². The quantitative estimate of drug-likeness (QED) is 0.428. The van der Waals surface area contributed by atoms with Gasteiger partial charge in [-0.2, -0.15) is 4.31 Å². The molecule has 1 aliphatic heterocycles. The number of ether oxygens (including phenoxy) is 2. The second-order valence-electron chi connectivity index (χ2n) is 8.59. The fraction of sp³-hybridized carbons (Fsp3) is 0.269. The Balaban J connectivity index is 1.57. The molecule has 1 N–H and O–H groups in total. The molecule has 12 heteroatoms. The van der Waals surface area contributed by atoms with Gasteiger partial charge in [0.05, 0.1) is 35.8 Å². The number of rotatable bonds is 9. The van der Waals surface area contributed by atoms with Crippen molar-refractivity contribution in [3.8, 4) is 5.75 Å². The van der Waals surface area contributed by atoms with E-state index in [-0.39, 0.29) is 34.3 Å². The minimum atomic E-state index is -4.13. The van der Waals surface area contributed by atoms with Gasteiger partial charge in [-0.1, -0.05) is 29.8 Å². The average molecular weight is 560 g/mol. The largest absolute Gasteiger partial charge is 0.495 e. The van der Waals surface area contributed by atoms with E-state index < -0.39 is 32.5 Å². The first-order chi connectivity index (χ1) is 18.1. The van der Waals surface area contributed by atoms with Crippen LogP contribution < -0.4 is 14.4 Å². The number of morpholine rings is 1. The third-order valence-electron chi connectivity index (χ3n) is 6.00. The highest BCUT2D eigenvalue weighted by Gasteiger charge is 2.30. The monoisotopic (exact) mass is 559 g/mol. The average Bonchev–Trinajstić information content (AvgIpc) is 2.92. The number of carbonyl (C=O) groups is 1. The highest BCUT2D eigenvalue weighted by atomic mass is 32.2. The van der Waals surface area contributed by atoms with E-state index in [1.165, 1.54) is 47.8 Å². The third-order valence-corrected chi connectivity index (χ3v) is 9.68. The predicted octanol–water partition coefficient (Wildman–Crippen LogP) is 2.86. The van der Waals surface area contributed by atoms with Crippen LogP contribution in [-0.2, 0) is 29.6 Å². The van der Waals surface area contributed by atoms with E-state index in [9.17, 15) is 21.6 Å². The number of hydrogen-bond donors (Lipinski definition) is 1. The lowest BCUT2D eigenvalue weighted by Crippen LogP contribution is -2.40. The summed E-state index contributed by atoms with van der Waals surface area (Å²) in [6.07, 6.45) is 0. The Morgan fingerprint density at radius 1 is 0.921 bits per heavy atom. The number of benzene rings is 3. The number of hydrogen-bond acceptors (Lipinski definition) is 7. The first kappa shape index (κ1) is 27.6. The van der Waals surface area contributed by atoms with E-state index in [1.807, 2.05) is 6.92 Å². The molecule has 10 nitrogen and oxygen atoms in total. The standard InChI is InChI=1S/C26H29N3O7S2/c1-20-7-11-23(12-8-20)38(33,34)29(24-5-3-4-6-25(24)35-2)19-26(30)27-21-9-13-22(14-10-21)37(31,32)28-15-17-36-18-16-28/h3-14H,15-19H2,1-2H3,(H,27,30). The van der Waals surface area contributed by atoms with Crippen molar-refractivity contribution in [2.75, 3.05) is 49.6 Å². The molecule has 0 aliphatic carbocycles. The Kier molecular flexibility index (Phi) is 8.36. The summed E-state index contributed by atoms with van der Waals surface area (Å²) >= 11 is 0. The molecular weight excluding hydrogens is 530 g/mol. The van der Waals surface area contributed by atoms with Gasteiger partial charge in [0, 0.05) is 18.8 Å². The summed E-state index contributed by atoms with van der Waals surface area (Å²) < 4.78 is 65.9. The maximum Gasteiger partial charge on any atom is 0.264 e. The summed E-state index contributed by atoms with van der Waals surface area (Å²) in [6.45, 7) is 2.52. The lowest BCUT2D eigenvalue weighted by atomic mass is 10.2. The number of carbonyl (C=O) groups excluding carboxylic acids is 1. The molecule has 3 aromatic carbocycles. The Labute approximate surface area is 222 Å². The van der Waals surface area contributed by atoms with Crippen LogP contribution in [0.5, 0.6) is 5.75 Å². The fourth-order valence-electron chi connectivity index (χ4n) is 3.95. The van der Waals surface area contributed by atoms with Crippen LogP contribution in [0.2, 0.25) is 0 Å². The molecule has 0 atom stereocenters. The molecule has 1 fully saturated rings. The van der Waals surface area contributed by atoms with Crippen molar-refractivity contribution >= 4 is 37.3 Å². The van der Waals surface area contributed by atoms with Crippen LogP contribution in [-0.4, -0.2) is 67.0 Å². The summed E-state index contributed by atoms with van der Waals surface area (Å²) in [5.74, 6) is -0.330. The lowest BCUT2D eigenvalue weighted by Gasteiger charge is -2.26. The normalized spacial score (nSPS) is 14.6. The Hall–Kier alpha value is -3.45. The van der Waals surface area contributed by atoms with Gasteiger partial charge in [-0.25, -0.2) is 16.8 Å². The van der Waals surface area contributed by atoms with Crippen molar-refractivity contribution in [3.63, 3.8) is 0 Å². The number of nitrogens with one attached hydrogen (secondary N) is 1. The van der Waals surface area contributed by atoms with Crippen LogP contribution in [0.15, 0.2) is 82.6 Å². The minimum absolute atomic E-state index is 0.0273. The molecular formula is C26H29N3O7S2. The van der Waals surface area contributed by atoms with Gasteiger partial charge in [-0.15, -0.1) is 0 Å². The highest BCUT2D eigenvalue weighted by Crippen LogP contribution is 2.32. The zero-order valence-electron chi connectivity index (χ0n) is 21.0. The van der Waals surface area contributed by atoms with Gasteiger partial charge in [0.25, 0.3) is 10.0 Å². The molecule has 0 saturated carbocycles. The summed E-state index contributed by atoms with van der Waals surface area (Å²) in [5, 5.41) is 2.66. The highest BCUT2D eigenvalue weighted by molar-refractivity contribution is 7.93. The molecule has 0 aromatic heterocycles. The predicted molar refractivity (Wildman–Crippen MR) is 143 cm³/mol. The van der Waals surface area contributed by atoms with E-state index in [1.54, 1.807) is 36.4 Å². The van der Waals surface area contributed by atoms with Crippen molar-refractivity contribution in [3.05, 3.63) is 78.4 Å². The van der Waals surface area contributed by atoms with Crippen LogP contribution >= 0.6 is 0 Å². The topological polar surface area (TPSA) is 122 Å². The van der Waals surface area contributed by atoms with Crippen molar-refractivity contribution in [2.45, 2.75) is 16.7 Å². The molecule has 1 heterocycles. The molecule has 4 rings (SSSR count). The van der Waals surface area contributed by atoms with Crippen LogP contribution in [0.4, 0.5) is 11.4 Å². The zero-order valence-corrected chi connectivity index (χ0v) is 22.7. The number of anilines is 2. The smallest absolute Gasteiger partial charge is 0.264 e. The van der Waals surface area contributed by atoms with Gasteiger partial charge in [0.1, 0.15) is 12.3 Å². The maximum atomic E-state index is 13.6. The van der Waals surface area contributed by atoms with Crippen molar-refractivity contribution < 1.29 is 31.1 Å². The first-order valence-electron chi connectivity index (χ1n) is 11.8. The number of sulfonamides is 2. The maximum absolute atomic E-state index is 13.6. The molecule has 0 unspecified atom stereocenters. The summed E-state index contributed by atoms with van der Waals surface area (Å²) in [6, 6.07) is 18.6. The minimum Gasteiger partial charge on any atom is -0.495 e. The molecule has 1 aliphatic rings. The van der Waals surface area contributed by atoms with Gasteiger partial charge in [-0.3, -0.25) is 9.10 Å². The van der Waals surface area contributed by atoms with Crippen LogP contribution in [0, 0.1) is 6.92 Å². The summed E-state index contributed by atoms with van der Waals surface area (Å²) in [4.78, 5) is 13.2. The Morgan fingerprint density at radius 3 is 2.16 bits per heavy atom. The summed E-state index contributed by atoms with van der Waals surface area (Å²) in [7, 11) is -6.40. The van der Waals surface area contributed by atoms with Crippen molar-refractivity contribution in [2.24, 2.45) is 0 Å². The molecule has 38 heavy (non-hydrogen) atoms. The SMILES string of the molecule is COc1ccccc1N(CC(=O)Nc1ccc(S(=O)(=O)N2CCOCC2)cc1)S(=O)(=O)c1ccc(C)cc1. The van der Waals surface area contributed by atoms with Gasteiger partial charge in [0.15, 0.2) is 0 Å². The van der Waals surface area contributed by atoms with Gasteiger partial charge >= 0.3 is 0 Å². The van der Waals surface area contributed by atoms with Crippen molar-refractivity contribution in [1.29, 1.82) is 0 Å². The second kappa shape index (κ2) is 11.5. The van der Waals surface area contributed by atoms with E-state index >= 15 is 0 Å². The Morgan fingerprint density at radius 2 is 1.53 bits per heavy atom. The molecule has 0 spiro atoms. The molecule has 1 saturated heterocycles. The third kappa shape index (κ3) is 5.99. The summed E-state index contributed by atoms with van der Waals surface area (Å²) in [5.41, 5.74) is 1.42. The first-order valence-corrected chi connectivity index (χ1v) is 14.7. The van der Waals surface area contributed by atoms with E-state index in [0.717, 1.165) is 9.87 Å². The second-order valence-corrected chi connectivity index (χ2v) is 12.4.